The SMILES string of the molecule is C[C@H]1c2nn(C)c(-c3cc(F)c(F)c(F)c3)c2CCN1C(=O)c1ccc2ncncc2c1. The summed E-state index contributed by atoms with van der Waals surface area (Å²) >= 11 is 0. The van der Waals surface area contributed by atoms with Crippen molar-refractivity contribution in [2.45, 2.75) is 19.4 Å². The highest BCUT2D eigenvalue weighted by molar-refractivity contribution is 5.98. The van der Waals surface area contributed by atoms with Crippen molar-refractivity contribution in [2.75, 3.05) is 6.54 Å². The number of benzene rings is 2. The molecule has 0 radical (unpaired) electrons. The molecule has 9 heteroatoms. The molecular formula is C23H18F3N5O. The summed E-state index contributed by atoms with van der Waals surface area (Å²) in [5, 5.41) is 5.30. The van der Waals surface area contributed by atoms with E-state index in [-0.39, 0.29) is 17.5 Å². The highest BCUT2D eigenvalue weighted by atomic mass is 19.2. The Hall–Kier alpha value is -3.75. The van der Waals surface area contributed by atoms with Crippen LogP contribution in [0.1, 0.15) is 34.6 Å². The van der Waals surface area contributed by atoms with Crippen molar-refractivity contribution in [3.05, 3.63) is 77.1 Å². The smallest absolute Gasteiger partial charge is 0.254 e. The number of halogens is 3. The second-order valence-electron chi connectivity index (χ2n) is 7.81. The quantitative estimate of drug-likeness (QED) is 0.441. The average molecular weight is 437 g/mol. The standard InChI is InChI=1S/C23H18F3N5O/c1-12-21-16(22(30(2)29-21)14-8-17(24)20(26)18(25)9-14)5-6-31(12)23(32)13-3-4-19-15(7-13)10-27-11-28-19/h3-4,7-12H,5-6H2,1-2H3/t12-/m0/s1. The summed E-state index contributed by atoms with van der Waals surface area (Å²) in [7, 11) is 1.66. The second-order valence-corrected chi connectivity index (χ2v) is 7.81. The average Bonchev–Trinajstić information content (AvgIpc) is 3.13. The topological polar surface area (TPSA) is 63.9 Å². The zero-order chi connectivity index (χ0) is 22.6. The predicted molar refractivity (Wildman–Crippen MR) is 111 cm³/mol. The number of hydrogen-bond acceptors (Lipinski definition) is 4. The van der Waals surface area contributed by atoms with Gasteiger partial charge >= 0.3 is 0 Å². The minimum absolute atomic E-state index is 0.153. The number of hydrogen-bond donors (Lipinski definition) is 0. The van der Waals surface area contributed by atoms with Gasteiger partial charge < -0.3 is 4.90 Å². The predicted octanol–water partition coefficient (Wildman–Crippen LogP) is 4.21. The van der Waals surface area contributed by atoms with E-state index < -0.39 is 17.5 Å². The Labute approximate surface area is 181 Å². The van der Waals surface area contributed by atoms with Gasteiger partial charge in [0.15, 0.2) is 17.5 Å². The van der Waals surface area contributed by atoms with Gasteiger partial charge in [0.1, 0.15) is 6.33 Å². The van der Waals surface area contributed by atoms with Gasteiger partial charge in [-0.15, -0.1) is 0 Å². The fourth-order valence-corrected chi connectivity index (χ4v) is 4.36. The second kappa shape index (κ2) is 7.44. The molecule has 0 bridgehead atoms. The fourth-order valence-electron chi connectivity index (χ4n) is 4.36. The largest absolute Gasteiger partial charge is 0.330 e. The lowest BCUT2D eigenvalue weighted by Crippen LogP contribution is -2.38. The molecule has 0 aliphatic carbocycles. The molecule has 32 heavy (non-hydrogen) atoms. The first-order chi connectivity index (χ1) is 15.3. The molecule has 0 unspecified atom stereocenters. The highest BCUT2D eigenvalue weighted by Gasteiger charge is 2.33. The zero-order valence-corrected chi connectivity index (χ0v) is 17.3. The Balaban J connectivity index is 1.51. The van der Waals surface area contributed by atoms with Crippen LogP contribution in [0.2, 0.25) is 0 Å². The lowest BCUT2D eigenvalue weighted by atomic mass is 9.95. The van der Waals surface area contributed by atoms with Gasteiger partial charge in [-0.05, 0) is 43.7 Å². The van der Waals surface area contributed by atoms with Crippen LogP contribution in [0, 0.1) is 17.5 Å². The molecule has 4 aromatic rings. The molecule has 1 aliphatic rings. The lowest BCUT2D eigenvalue weighted by Gasteiger charge is -2.33. The van der Waals surface area contributed by atoms with Gasteiger partial charge in [-0.2, -0.15) is 5.10 Å². The fraction of sp³-hybridized carbons (Fsp3) is 0.217. The van der Waals surface area contributed by atoms with Gasteiger partial charge in [-0.25, -0.2) is 23.1 Å². The minimum Gasteiger partial charge on any atom is -0.330 e. The molecule has 0 spiro atoms. The molecule has 0 fully saturated rings. The van der Waals surface area contributed by atoms with Crippen LogP contribution >= 0.6 is 0 Å². The van der Waals surface area contributed by atoms with Gasteiger partial charge in [0.2, 0.25) is 0 Å². The molecule has 6 nitrogen and oxygen atoms in total. The number of aryl methyl sites for hydroxylation is 1. The number of amides is 1. The molecule has 5 rings (SSSR count). The van der Waals surface area contributed by atoms with Crippen LogP contribution in [-0.2, 0) is 13.5 Å². The van der Waals surface area contributed by atoms with Crippen molar-refractivity contribution in [1.82, 2.24) is 24.6 Å². The van der Waals surface area contributed by atoms with E-state index in [1.54, 1.807) is 36.3 Å². The van der Waals surface area contributed by atoms with Gasteiger partial charge in [0.05, 0.1) is 22.9 Å². The monoisotopic (exact) mass is 437 g/mol. The third kappa shape index (κ3) is 3.12. The van der Waals surface area contributed by atoms with Crippen LogP contribution in [-0.4, -0.2) is 37.1 Å². The van der Waals surface area contributed by atoms with Crippen LogP contribution in [0.15, 0.2) is 42.9 Å². The minimum atomic E-state index is -1.50. The molecular weight excluding hydrogens is 419 g/mol. The van der Waals surface area contributed by atoms with Crippen LogP contribution in [0.5, 0.6) is 0 Å². The van der Waals surface area contributed by atoms with Crippen molar-refractivity contribution >= 4 is 16.8 Å². The van der Waals surface area contributed by atoms with Crippen molar-refractivity contribution < 1.29 is 18.0 Å². The van der Waals surface area contributed by atoms with E-state index in [9.17, 15) is 18.0 Å². The van der Waals surface area contributed by atoms with Gasteiger partial charge in [0, 0.05) is 41.9 Å². The molecule has 1 atom stereocenters. The molecule has 2 aromatic heterocycles. The van der Waals surface area contributed by atoms with Gasteiger partial charge in [-0.3, -0.25) is 9.48 Å². The molecule has 0 N–H and O–H groups in total. The van der Waals surface area contributed by atoms with Crippen LogP contribution in [0.4, 0.5) is 13.2 Å². The first kappa shape index (κ1) is 20.2. The van der Waals surface area contributed by atoms with E-state index in [1.807, 2.05) is 6.92 Å². The maximum atomic E-state index is 13.8. The highest BCUT2D eigenvalue weighted by Crippen LogP contribution is 2.37. The molecule has 162 valence electrons. The van der Waals surface area contributed by atoms with Crippen LogP contribution in [0.25, 0.3) is 22.2 Å². The summed E-state index contributed by atoms with van der Waals surface area (Å²) < 4.78 is 42.6. The number of carbonyl (C=O) groups is 1. The summed E-state index contributed by atoms with van der Waals surface area (Å²) in [6.07, 6.45) is 3.56. The van der Waals surface area contributed by atoms with Crippen molar-refractivity contribution in [3.8, 4) is 11.3 Å². The van der Waals surface area contributed by atoms with Crippen LogP contribution < -0.4 is 0 Å². The molecule has 1 aliphatic heterocycles. The summed E-state index contributed by atoms with van der Waals surface area (Å²) in [6.45, 7) is 2.27. The molecule has 0 saturated carbocycles. The maximum absolute atomic E-state index is 13.8. The lowest BCUT2D eigenvalue weighted by molar-refractivity contribution is 0.0674. The zero-order valence-electron chi connectivity index (χ0n) is 17.3. The number of fused-ring (bicyclic) bond motifs is 2. The van der Waals surface area contributed by atoms with E-state index >= 15 is 0 Å². The Morgan fingerprint density at radius 2 is 1.88 bits per heavy atom. The van der Waals surface area contributed by atoms with Crippen molar-refractivity contribution in [2.24, 2.45) is 7.05 Å². The Bertz CT molecular complexity index is 1360. The molecule has 2 aromatic carbocycles. The molecule has 0 saturated heterocycles. The van der Waals surface area contributed by atoms with E-state index in [1.165, 1.54) is 11.0 Å². The van der Waals surface area contributed by atoms with Crippen molar-refractivity contribution in [3.63, 3.8) is 0 Å². The third-order valence-corrected chi connectivity index (χ3v) is 5.91. The maximum Gasteiger partial charge on any atom is 0.254 e. The number of aromatic nitrogens is 4. The summed E-state index contributed by atoms with van der Waals surface area (Å²) in [5.41, 5.74) is 3.43. The van der Waals surface area contributed by atoms with Gasteiger partial charge in [-0.1, -0.05) is 0 Å². The number of carbonyl (C=O) groups excluding carboxylic acids is 1. The summed E-state index contributed by atoms with van der Waals surface area (Å²) in [5.74, 6) is -4.16. The Morgan fingerprint density at radius 3 is 2.62 bits per heavy atom. The Kier molecular flexibility index (Phi) is 4.69. The van der Waals surface area contributed by atoms with Gasteiger partial charge in [0.25, 0.3) is 5.91 Å². The third-order valence-electron chi connectivity index (χ3n) is 5.91. The Morgan fingerprint density at radius 1 is 1.12 bits per heavy atom. The van der Waals surface area contributed by atoms with E-state index in [0.717, 1.165) is 28.6 Å². The van der Waals surface area contributed by atoms with Crippen molar-refractivity contribution in [1.29, 1.82) is 0 Å². The number of nitrogens with zero attached hydrogens (tertiary/aromatic N) is 5. The van der Waals surface area contributed by atoms with E-state index in [2.05, 4.69) is 15.1 Å². The van der Waals surface area contributed by atoms with Crippen LogP contribution in [0.3, 0.4) is 0 Å². The summed E-state index contributed by atoms with van der Waals surface area (Å²) in [4.78, 5) is 23.2. The first-order valence-electron chi connectivity index (χ1n) is 10.1. The van der Waals surface area contributed by atoms with E-state index in [0.29, 0.717) is 29.9 Å². The first-order valence-corrected chi connectivity index (χ1v) is 10.1. The number of rotatable bonds is 2. The molecule has 3 heterocycles. The van der Waals surface area contributed by atoms with E-state index in [4.69, 9.17) is 0 Å². The normalized spacial score (nSPS) is 15.8. The molecule has 1 amide bonds. The summed E-state index contributed by atoms with van der Waals surface area (Å²) in [6, 6.07) is 6.84.